The summed E-state index contributed by atoms with van der Waals surface area (Å²) in [5.41, 5.74) is 2.15. The van der Waals surface area contributed by atoms with Gasteiger partial charge in [-0.2, -0.15) is 10.1 Å². The van der Waals surface area contributed by atoms with Gasteiger partial charge in [-0.3, -0.25) is 5.10 Å². The van der Waals surface area contributed by atoms with Crippen molar-refractivity contribution >= 4 is 9.84 Å². The zero-order valence-corrected chi connectivity index (χ0v) is 14.7. The molecule has 0 aliphatic heterocycles. The molecule has 0 saturated carbocycles. The first-order chi connectivity index (χ1) is 11.1. The molecule has 0 unspecified atom stereocenters. The molecule has 0 radical (unpaired) electrons. The average Bonchev–Trinajstić information content (AvgIpc) is 3.15. The number of hydrogen-bond donors (Lipinski definition) is 1. The van der Waals surface area contributed by atoms with E-state index in [-0.39, 0.29) is 10.3 Å². The predicted molar refractivity (Wildman–Crippen MR) is 89.1 cm³/mol. The van der Waals surface area contributed by atoms with Crippen molar-refractivity contribution in [2.45, 2.75) is 31.1 Å². The highest BCUT2D eigenvalue weighted by molar-refractivity contribution is 7.90. The van der Waals surface area contributed by atoms with E-state index in [0.29, 0.717) is 23.0 Å². The lowest BCUT2D eigenvalue weighted by Crippen LogP contribution is -2.11. The van der Waals surface area contributed by atoms with Crippen molar-refractivity contribution in [1.29, 1.82) is 0 Å². The molecule has 3 aromatic rings. The molecule has 0 bridgehead atoms. The van der Waals surface area contributed by atoms with E-state index in [4.69, 9.17) is 4.52 Å². The summed E-state index contributed by atoms with van der Waals surface area (Å²) in [4.78, 5) is 4.58. The molecule has 3 rings (SSSR count). The van der Waals surface area contributed by atoms with Crippen LogP contribution >= 0.6 is 0 Å². The minimum atomic E-state index is -3.23. The number of benzene rings is 1. The number of nitrogens with zero attached hydrogens (tertiary/aromatic N) is 3. The lowest BCUT2D eigenvalue weighted by atomic mass is 9.92. The first-order valence-electron chi connectivity index (χ1n) is 7.35. The number of hydrogen-bond acceptors (Lipinski definition) is 6. The van der Waals surface area contributed by atoms with Gasteiger partial charge in [0.05, 0.1) is 4.90 Å². The van der Waals surface area contributed by atoms with Gasteiger partial charge in [-0.15, -0.1) is 0 Å². The van der Waals surface area contributed by atoms with Gasteiger partial charge in [0.25, 0.3) is 5.89 Å². The fourth-order valence-corrected chi connectivity index (χ4v) is 2.74. The molecule has 0 spiro atoms. The van der Waals surface area contributed by atoms with Crippen LogP contribution in [0.2, 0.25) is 0 Å². The van der Waals surface area contributed by atoms with E-state index in [1.807, 2.05) is 6.07 Å². The Morgan fingerprint density at radius 3 is 2.33 bits per heavy atom. The largest absolute Gasteiger partial charge is 0.332 e. The van der Waals surface area contributed by atoms with Crippen LogP contribution in [0.25, 0.3) is 23.0 Å². The van der Waals surface area contributed by atoms with Crippen LogP contribution in [0.4, 0.5) is 0 Å². The number of sulfone groups is 1. The molecule has 1 aromatic carbocycles. The van der Waals surface area contributed by atoms with Crippen LogP contribution in [0.5, 0.6) is 0 Å². The van der Waals surface area contributed by atoms with E-state index >= 15 is 0 Å². The van der Waals surface area contributed by atoms with Gasteiger partial charge in [0.15, 0.2) is 15.5 Å². The van der Waals surface area contributed by atoms with E-state index < -0.39 is 9.84 Å². The SMILES string of the molecule is CC(C)(C)c1cc(-c2nc(-c3ccc(S(C)(=O)=O)cc3)no2)n[nH]1. The molecule has 0 saturated heterocycles. The zero-order valence-electron chi connectivity index (χ0n) is 13.9. The quantitative estimate of drug-likeness (QED) is 0.782. The fraction of sp³-hybridized carbons (Fsp3) is 0.312. The van der Waals surface area contributed by atoms with Crippen molar-refractivity contribution in [1.82, 2.24) is 20.3 Å². The molecule has 8 heteroatoms. The third kappa shape index (κ3) is 3.23. The number of aromatic amines is 1. The lowest BCUT2D eigenvalue weighted by Gasteiger charge is -2.14. The standard InChI is InChI=1S/C16H18N4O3S/c1-16(2,3)13-9-12(18-19-13)15-17-14(20-23-15)10-5-7-11(8-6-10)24(4,21)22/h5-9H,1-4H3,(H,18,19). The summed E-state index contributed by atoms with van der Waals surface area (Å²) in [5.74, 6) is 0.689. The summed E-state index contributed by atoms with van der Waals surface area (Å²) < 4.78 is 28.2. The summed E-state index contributed by atoms with van der Waals surface area (Å²) in [6.45, 7) is 6.23. The third-order valence-electron chi connectivity index (χ3n) is 3.57. The van der Waals surface area contributed by atoms with E-state index in [1.54, 1.807) is 12.1 Å². The van der Waals surface area contributed by atoms with Crippen molar-refractivity contribution in [2.75, 3.05) is 6.26 Å². The topological polar surface area (TPSA) is 102 Å². The maximum atomic E-state index is 11.5. The van der Waals surface area contributed by atoms with E-state index in [9.17, 15) is 8.42 Å². The van der Waals surface area contributed by atoms with Gasteiger partial charge < -0.3 is 4.52 Å². The fourth-order valence-electron chi connectivity index (χ4n) is 2.11. The van der Waals surface area contributed by atoms with Gasteiger partial charge in [0.1, 0.15) is 0 Å². The second-order valence-electron chi connectivity index (χ2n) is 6.64. The second-order valence-corrected chi connectivity index (χ2v) is 8.65. The molecule has 2 aromatic heterocycles. The van der Waals surface area contributed by atoms with Crippen molar-refractivity contribution < 1.29 is 12.9 Å². The predicted octanol–water partition coefficient (Wildman–Crippen LogP) is 2.83. The molecular formula is C16H18N4O3S. The molecule has 24 heavy (non-hydrogen) atoms. The molecule has 2 heterocycles. The van der Waals surface area contributed by atoms with Gasteiger partial charge in [-0.25, -0.2) is 8.42 Å². The Labute approximate surface area is 140 Å². The maximum Gasteiger partial charge on any atom is 0.278 e. The minimum Gasteiger partial charge on any atom is -0.332 e. The molecule has 0 amide bonds. The lowest BCUT2D eigenvalue weighted by molar-refractivity contribution is 0.431. The van der Waals surface area contributed by atoms with Gasteiger partial charge in [-0.05, 0) is 30.3 Å². The Hall–Kier alpha value is -2.48. The first-order valence-corrected chi connectivity index (χ1v) is 9.24. The smallest absolute Gasteiger partial charge is 0.278 e. The normalized spacial score (nSPS) is 12.5. The highest BCUT2D eigenvalue weighted by Crippen LogP contribution is 2.26. The van der Waals surface area contributed by atoms with Crippen LogP contribution in [-0.4, -0.2) is 35.0 Å². The summed E-state index contributed by atoms with van der Waals surface area (Å²) >= 11 is 0. The van der Waals surface area contributed by atoms with Crippen LogP contribution in [0.1, 0.15) is 26.5 Å². The summed E-state index contributed by atoms with van der Waals surface area (Å²) in [6.07, 6.45) is 1.17. The number of nitrogens with one attached hydrogen (secondary N) is 1. The van der Waals surface area contributed by atoms with Crippen LogP contribution < -0.4 is 0 Å². The molecule has 126 valence electrons. The molecular weight excluding hydrogens is 328 g/mol. The Morgan fingerprint density at radius 1 is 1.12 bits per heavy atom. The van der Waals surface area contributed by atoms with Crippen LogP contribution in [0, 0.1) is 0 Å². The van der Waals surface area contributed by atoms with Crippen molar-refractivity contribution in [3.05, 3.63) is 36.0 Å². The monoisotopic (exact) mass is 346 g/mol. The second kappa shape index (κ2) is 5.55. The molecule has 7 nitrogen and oxygen atoms in total. The van der Waals surface area contributed by atoms with E-state index in [2.05, 4.69) is 41.1 Å². The minimum absolute atomic E-state index is 0.0599. The number of H-pyrrole nitrogens is 1. The average molecular weight is 346 g/mol. The van der Waals surface area contributed by atoms with Crippen molar-refractivity contribution in [3.63, 3.8) is 0 Å². The zero-order chi connectivity index (χ0) is 17.5. The molecule has 0 atom stereocenters. The highest BCUT2D eigenvalue weighted by atomic mass is 32.2. The molecule has 1 N–H and O–H groups in total. The Kier molecular flexibility index (Phi) is 3.79. The van der Waals surface area contributed by atoms with Gasteiger partial charge >= 0.3 is 0 Å². The van der Waals surface area contributed by atoms with E-state index in [0.717, 1.165) is 5.69 Å². The van der Waals surface area contributed by atoms with Crippen LogP contribution in [0.3, 0.4) is 0 Å². The number of rotatable bonds is 3. The van der Waals surface area contributed by atoms with E-state index in [1.165, 1.54) is 18.4 Å². The maximum absolute atomic E-state index is 11.5. The van der Waals surface area contributed by atoms with Gasteiger partial charge in [-0.1, -0.05) is 25.9 Å². The van der Waals surface area contributed by atoms with Crippen molar-refractivity contribution in [2.24, 2.45) is 0 Å². The van der Waals surface area contributed by atoms with Crippen molar-refractivity contribution in [3.8, 4) is 23.0 Å². The molecule has 0 aliphatic rings. The summed E-state index contributed by atoms with van der Waals surface area (Å²) in [5, 5.41) is 11.1. The van der Waals surface area contributed by atoms with Gasteiger partial charge in [0, 0.05) is 22.9 Å². The van der Waals surface area contributed by atoms with Gasteiger partial charge in [0.2, 0.25) is 5.82 Å². The summed E-state index contributed by atoms with van der Waals surface area (Å²) in [6, 6.07) is 8.22. The van der Waals surface area contributed by atoms with Crippen LogP contribution in [-0.2, 0) is 15.3 Å². The Balaban J connectivity index is 1.89. The molecule has 0 fully saturated rings. The summed E-state index contributed by atoms with van der Waals surface area (Å²) in [7, 11) is -3.23. The molecule has 0 aliphatic carbocycles. The first kappa shape index (κ1) is 16.4. The Bertz CT molecular complexity index is 963. The van der Waals surface area contributed by atoms with Crippen LogP contribution in [0.15, 0.2) is 39.8 Å². The highest BCUT2D eigenvalue weighted by Gasteiger charge is 2.20. The number of aromatic nitrogens is 4. The Morgan fingerprint density at radius 2 is 1.79 bits per heavy atom. The third-order valence-corrected chi connectivity index (χ3v) is 4.70.